The Labute approximate surface area is 190 Å². The molecule has 0 fully saturated rings. The van der Waals surface area contributed by atoms with Crippen LogP contribution in [0, 0.1) is 0 Å². The SMILES string of the molecule is CC(=O)NCCCc1ccc(-c2csc(NC(=O)C(C)Oc3cccc(Cl)c3)n2)cc1. The number of aromatic nitrogens is 1. The molecule has 6 nitrogen and oxygen atoms in total. The lowest BCUT2D eigenvalue weighted by molar-refractivity contribution is -0.122. The van der Waals surface area contributed by atoms with Gasteiger partial charge in [0.1, 0.15) is 5.75 Å². The van der Waals surface area contributed by atoms with Crippen molar-refractivity contribution in [3.05, 3.63) is 64.5 Å². The van der Waals surface area contributed by atoms with Crippen molar-refractivity contribution in [2.45, 2.75) is 32.8 Å². The largest absolute Gasteiger partial charge is 0.481 e. The summed E-state index contributed by atoms with van der Waals surface area (Å²) in [5, 5.41) is 8.57. The number of hydrogen-bond donors (Lipinski definition) is 2. The van der Waals surface area contributed by atoms with E-state index >= 15 is 0 Å². The maximum Gasteiger partial charge on any atom is 0.266 e. The molecule has 31 heavy (non-hydrogen) atoms. The Hall–Kier alpha value is -2.90. The van der Waals surface area contributed by atoms with Crippen LogP contribution in [0.15, 0.2) is 53.9 Å². The van der Waals surface area contributed by atoms with Gasteiger partial charge < -0.3 is 10.1 Å². The third-order valence-electron chi connectivity index (χ3n) is 4.48. The zero-order valence-electron chi connectivity index (χ0n) is 17.4. The molecule has 0 bridgehead atoms. The molecule has 0 saturated heterocycles. The zero-order valence-corrected chi connectivity index (χ0v) is 18.9. The Balaban J connectivity index is 1.53. The number of aryl methyl sites for hydroxylation is 1. The molecular formula is C23H24ClN3O3S. The highest BCUT2D eigenvalue weighted by molar-refractivity contribution is 7.14. The summed E-state index contributed by atoms with van der Waals surface area (Å²) < 4.78 is 5.64. The van der Waals surface area contributed by atoms with Crippen LogP contribution in [0.5, 0.6) is 5.75 Å². The summed E-state index contributed by atoms with van der Waals surface area (Å²) in [6.45, 7) is 3.87. The highest BCUT2D eigenvalue weighted by Gasteiger charge is 2.17. The van der Waals surface area contributed by atoms with Crippen molar-refractivity contribution >= 4 is 39.9 Å². The van der Waals surface area contributed by atoms with Crippen molar-refractivity contribution in [1.29, 1.82) is 0 Å². The number of hydrogen-bond acceptors (Lipinski definition) is 5. The highest BCUT2D eigenvalue weighted by atomic mass is 35.5. The first kappa shape index (κ1) is 22.8. The van der Waals surface area contributed by atoms with Gasteiger partial charge in [0.05, 0.1) is 5.69 Å². The monoisotopic (exact) mass is 457 g/mol. The van der Waals surface area contributed by atoms with Crippen molar-refractivity contribution < 1.29 is 14.3 Å². The van der Waals surface area contributed by atoms with Gasteiger partial charge in [-0.3, -0.25) is 14.9 Å². The topological polar surface area (TPSA) is 80.3 Å². The summed E-state index contributed by atoms with van der Waals surface area (Å²) in [5.74, 6) is 0.245. The molecule has 0 spiro atoms. The minimum absolute atomic E-state index is 0.00723. The van der Waals surface area contributed by atoms with Gasteiger partial charge in [-0.05, 0) is 43.5 Å². The second kappa shape index (κ2) is 10.9. The average Bonchev–Trinajstić information content (AvgIpc) is 3.20. The minimum Gasteiger partial charge on any atom is -0.481 e. The molecule has 2 N–H and O–H groups in total. The predicted molar refractivity (Wildman–Crippen MR) is 125 cm³/mol. The molecule has 1 heterocycles. The Kier molecular flexibility index (Phi) is 8.03. The summed E-state index contributed by atoms with van der Waals surface area (Å²) in [6.07, 6.45) is 1.09. The second-order valence-corrected chi connectivity index (χ2v) is 8.32. The van der Waals surface area contributed by atoms with E-state index in [4.69, 9.17) is 16.3 Å². The lowest BCUT2D eigenvalue weighted by atomic mass is 10.1. The summed E-state index contributed by atoms with van der Waals surface area (Å²) in [6, 6.07) is 15.1. The van der Waals surface area contributed by atoms with Crippen molar-refractivity contribution in [2.75, 3.05) is 11.9 Å². The Bertz CT molecular complexity index is 1040. The van der Waals surface area contributed by atoms with Crippen molar-refractivity contribution in [1.82, 2.24) is 10.3 Å². The number of halogens is 1. The number of rotatable bonds is 9. The average molecular weight is 458 g/mol. The van der Waals surface area contributed by atoms with E-state index in [1.165, 1.54) is 23.8 Å². The lowest BCUT2D eigenvalue weighted by Crippen LogP contribution is -2.30. The molecule has 3 rings (SSSR count). The van der Waals surface area contributed by atoms with Crippen LogP contribution in [0.1, 0.15) is 25.8 Å². The van der Waals surface area contributed by atoms with Gasteiger partial charge in [0, 0.05) is 29.4 Å². The molecule has 0 aliphatic carbocycles. The van der Waals surface area contributed by atoms with E-state index in [9.17, 15) is 9.59 Å². The maximum absolute atomic E-state index is 12.4. The summed E-state index contributed by atoms with van der Waals surface area (Å²) in [5.41, 5.74) is 2.98. The molecule has 2 amide bonds. The number of anilines is 1. The Morgan fingerprint density at radius 2 is 1.97 bits per heavy atom. The van der Waals surface area contributed by atoms with Crippen LogP contribution in [-0.2, 0) is 16.0 Å². The summed E-state index contributed by atoms with van der Waals surface area (Å²) >= 11 is 7.31. The first-order valence-corrected chi connectivity index (χ1v) is 11.2. The standard InChI is InChI=1S/C23H24ClN3O3S/c1-15(30-20-7-3-6-19(24)13-20)22(29)27-23-26-21(14-31-23)18-10-8-17(9-11-18)5-4-12-25-16(2)28/h3,6-11,13-15H,4-5,12H2,1-2H3,(H,25,28)(H,26,27,29). The van der Waals surface area contributed by atoms with Crippen molar-refractivity contribution in [3.8, 4) is 17.0 Å². The van der Waals surface area contributed by atoms with Crippen LogP contribution in [0.3, 0.4) is 0 Å². The zero-order chi connectivity index (χ0) is 22.2. The smallest absolute Gasteiger partial charge is 0.266 e. The molecule has 3 aromatic rings. The third kappa shape index (κ3) is 7.08. The van der Waals surface area contributed by atoms with E-state index in [1.54, 1.807) is 31.2 Å². The van der Waals surface area contributed by atoms with Gasteiger partial charge in [-0.1, -0.05) is 41.9 Å². The van der Waals surface area contributed by atoms with Crippen LogP contribution >= 0.6 is 22.9 Å². The quantitative estimate of drug-likeness (QED) is 0.446. The van der Waals surface area contributed by atoms with Gasteiger partial charge in [-0.15, -0.1) is 11.3 Å². The molecule has 162 valence electrons. The molecule has 2 aromatic carbocycles. The van der Waals surface area contributed by atoms with Gasteiger partial charge in [0.15, 0.2) is 11.2 Å². The molecule has 0 aliphatic heterocycles. The van der Waals surface area contributed by atoms with Crippen LogP contribution in [0.25, 0.3) is 11.3 Å². The fourth-order valence-electron chi connectivity index (χ4n) is 2.87. The Morgan fingerprint density at radius 3 is 2.68 bits per heavy atom. The van der Waals surface area contributed by atoms with Gasteiger partial charge in [-0.25, -0.2) is 4.98 Å². The number of carbonyl (C=O) groups excluding carboxylic acids is 2. The van der Waals surface area contributed by atoms with E-state index in [1.807, 2.05) is 17.5 Å². The van der Waals surface area contributed by atoms with Crippen molar-refractivity contribution in [3.63, 3.8) is 0 Å². The summed E-state index contributed by atoms with van der Waals surface area (Å²) in [7, 11) is 0. The molecule has 8 heteroatoms. The van der Waals surface area contributed by atoms with Crippen LogP contribution in [0.2, 0.25) is 5.02 Å². The van der Waals surface area contributed by atoms with Gasteiger partial charge in [-0.2, -0.15) is 0 Å². The number of nitrogens with one attached hydrogen (secondary N) is 2. The molecule has 0 aliphatic rings. The van der Waals surface area contributed by atoms with Crippen LogP contribution < -0.4 is 15.4 Å². The summed E-state index contributed by atoms with van der Waals surface area (Å²) in [4.78, 5) is 27.8. The number of amides is 2. The first-order chi connectivity index (χ1) is 14.9. The van der Waals surface area contributed by atoms with E-state index in [0.717, 1.165) is 24.1 Å². The van der Waals surface area contributed by atoms with Gasteiger partial charge in [0.2, 0.25) is 5.91 Å². The molecule has 1 atom stereocenters. The van der Waals surface area contributed by atoms with E-state index in [0.29, 0.717) is 22.4 Å². The fourth-order valence-corrected chi connectivity index (χ4v) is 3.77. The second-order valence-electron chi connectivity index (χ2n) is 7.03. The first-order valence-electron chi connectivity index (χ1n) is 9.93. The van der Waals surface area contributed by atoms with E-state index < -0.39 is 6.10 Å². The molecule has 1 unspecified atom stereocenters. The molecule has 0 radical (unpaired) electrons. The highest BCUT2D eigenvalue weighted by Crippen LogP contribution is 2.26. The lowest BCUT2D eigenvalue weighted by Gasteiger charge is -2.13. The normalized spacial score (nSPS) is 11.6. The van der Waals surface area contributed by atoms with Gasteiger partial charge in [0.25, 0.3) is 5.91 Å². The predicted octanol–water partition coefficient (Wildman–Crippen LogP) is 4.94. The number of carbonyl (C=O) groups is 2. The van der Waals surface area contributed by atoms with Gasteiger partial charge >= 0.3 is 0 Å². The minimum atomic E-state index is -0.692. The Morgan fingerprint density at radius 1 is 1.19 bits per heavy atom. The van der Waals surface area contributed by atoms with Crippen LogP contribution in [-0.4, -0.2) is 29.4 Å². The number of ether oxygens (including phenoxy) is 1. The molecular weight excluding hydrogens is 434 g/mol. The van der Waals surface area contributed by atoms with Crippen LogP contribution in [0.4, 0.5) is 5.13 Å². The van der Waals surface area contributed by atoms with E-state index in [2.05, 4.69) is 27.8 Å². The van der Waals surface area contributed by atoms with E-state index in [-0.39, 0.29) is 11.8 Å². The molecule has 0 saturated carbocycles. The maximum atomic E-state index is 12.4. The molecule has 1 aromatic heterocycles. The third-order valence-corrected chi connectivity index (χ3v) is 5.47. The number of nitrogens with zero attached hydrogens (tertiary/aromatic N) is 1. The van der Waals surface area contributed by atoms with Crippen molar-refractivity contribution in [2.24, 2.45) is 0 Å². The number of benzene rings is 2. The number of thiazole rings is 1. The fraction of sp³-hybridized carbons (Fsp3) is 0.261.